The van der Waals surface area contributed by atoms with Gasteiger partial charge < -0.3 is 15.4 Å². The number of para-hydroxylation sites is 1. The first-order valence-corrected chi connectivity index (χ1v) is 8.90. The highest BCUT2D eigenvalue weighted by atomic mass is 32.1. The Kier molecular flexibility index (Phi) is 5.69. The molecule has 0 fully saturated rings. The molecule has 0 radical (unpaired) electrons. The van der Waals surface area contributed by atoms with Crippen LogP contribution >= 0.6 is 11.3 Å². The second kappa shape index (κ2) is 8.35. The van der Waals surface area contributed by atoms with Crippen LogP contribution in [0.1, 0.15) is 22.0 Å². The Morgan fingerprint density at radius 3 is 2.52 bits per heavy atom. The standard InChI is InChI=1S/C20H20N2O2S/c1-24-17-11-6-5-10-16(17)14-21-20(23)22-19(18-12-7-13-25-18)15-8-3-2-4-9-15/h2-13,19H,14H2,1H3,(H2,21,22,23). The van der Waals surface area contributed by atoms with E-state index in [0.717, 1.165) is 21.8 Å². The van der Waals surface area contributed by atoms with Gasteiger partial charge in [0.2, 0.25) is 0 Å². The maximum absolute atomic E-state index is 12.4. The molecule has 1 atom stereocenters. The molecule has 5 heteroatoms. The minimum atomic E-state index is -0.215. The molecule has 0 saturated heterocycles. The van der Waals surface area contributed by atoms with E-state index in [4.69, 9.17) is 4.74 Å². The summed E-state index contributed by atoms with van der Waals surface area (Å²) in [7, 11) is 1.63. The van der Waals surface area contributed by atoms with Gasteiger partial charge in [-0.25, -0.2) is 4.79 Å². The largest absolute Gasteiger partial charge is 0.496 e. The van der Waals surface area contributed by atoms with Crippen molar-refractivity contribution in [3.8, 4) is 5.75 Å². The molecule has 1 heterocycles. The number of hydrogen-bond acceptors (Lipinski definition) is 3. The number of benzene rings is 2. The molecule has 0 saturated carbocycles. The third-order valence-corrected chi connectivity index (χ3v) is 4.81. The average molecular weight is 352 g/mol. The Hall–Kier alpha value is -2.79. The number of urea groups is 1. The summed E-state index contributed by atoms with van der Waals surface area (Å²) in [5, 5.41) is 7.99. The molecule has 2 amide bonds. The Bertz CT molecular complexity index is 804. The van der Waals surface area contributed by atoms with Gasteiger partial charge in [0.1, 0.15) is 5.75 Å². The number of methoxy groups -OCH3 is 1. The van der Waals surface area contributed by atoms with Gasteiger partial charge in [-0.3, -0.25) is 0 Å². The molecule has 3 rings (SSSR count). The lowest BCUT2D eigenvalue weighted by Gasteiger charge is -2.19. The Morgan fingerprint density at radius 1 is 1.04 bits per heavy atom. The van der Waals surface area contributed by atoms with Crippen LogP contribution in [0.5, 0.6) is 5.75 Å². The van der Waals surface area contributed by atoms with Crippen molar-refractivity contribution >= 4 is 17.4 Å². The summed E-state index contributed by atoms with van der Waals surface area (Å²) in [5.74, 6) is 0.765. The second-order valence-electron chi connectivity index (χ2n) is 5.50. The van der Waals surface area contributed by atoms with Crippen molar-refractivity contribution in [1.29, 1.82) is 0 Å². The van der Waals surface area contributed by atoms with Crippen molar-refractivity contribution in [3.63, 3.8) is 0 Å². The lowest BCUT2D eigenvalue weighted by Crippen LogP contribution is -2.37. The molecule has 0 bridgehead atoms. The van der Waals surface area contributed by atoms with Crippen molar-refractivity contribution in [2.75, 3.05) is 7.11 Å². The molecule has 1 unspecified atom stereocenters. The fourth-order valence-corrected chi connectivity index (χ4v) is 3.43. The van der Waals surface area contributed by atoms with Gasteiger partial charge in [-0.05, 0) is 23.1 Å². The summed E-state index contributed by atoms with van der Waals surface area (Å²) in [6.45, 7) is 0.405. The van der Waals surface area contributed by atoms with E-state index in [0.29, 0.717) is 6.54 Å². The van der Waals surface area contributed by atoms with E-state index in [2.05, 4.69) is 10.6 Å². The van der Waals surface area contributed by atoms with Crippen molar-refractivity contribution in [3.05, 3.63) is 88.1 Å². The molecule has 3 aromatic rings. The highest BCUT2D eigenvalue weighted by Gasteiger charge is 2.17. The number of ether oxygens (including phenoxy) is 1. The van der Waals surface area contributed by atoms with Crippen molar-refractivity contribution in [2.45, 2.75) is 12.6 Å². The quantitative estimate of drug-likeness (QED) is 0.693. The molecule has 2 N–H and O–H groups in total. The first-order valence-electron chi connectivity index (χ1n) is 8.02. The van der Waals surface area contributed by atoms with Crippen LogP contribution in [-0.2, 0) is 6.54 Å². The first-order chi connectivity index (χ1) is 12.3. The van der Waals surface area contributed by atoms with Gasteiger partial charge in [-0.2, -0.15) is 0 Å². The number of rotatable bonds is 6. The highest BCUT2D eigenvalue weighted by Crippen LogP contribution is 2.25. The lowest BCUT2D eigenvalue weighted by atomic mass is 10.1. The van der Waals surface area contributed by atoms with Gasteiger partial charge in [-0.1, -0.05) is 54.6 Å². The molecule has 0 aliphatic carbocycles. The van der Waals surface area contributed by atoms with Crippen LogP contribution in [0.3, 0.4) is 0 Å². The van der Waals surface area contributed by atoms with E-state index < -0.39 is 0 Å². The molecular formula is C20H20N2O2S. The lowest BCUT2D eigenvalue weighted by molar-refractivity contribution is 0.238. The summed E-state index contributed by atoms with van der Waals surface area (Å²) in [5.41, 5.74) is 1.99. The van der Waals surface area contributed by atoms with Crippen LogP contribution in [0.15, 0.2) is 72.1 Å². The second-order valence-corrected chi connectivity index (χ2v) is 6.48. The first kappa shape index (κ1) is 17.0. The molecule has 0 aliphatic rings. The zero-order chi connectivity index (χ0) is 17.5. The van der Waals surface area contributed by atoms with Crippen LogP contribution in [-0.4, -0.2) is 13.1 Å². The zero-order valence-electron chi connectivity index (χ0n) is 13.9. The Labute approximate surface area is 151 Å². The smallest absolute Gasteiger partial charge is 0.315 e. The van der Waals surface area contributed by atoms with E-state index in [-0.39, 0.29) is 12.1 Å². The van der Waals surface area contributed by atoms with E-state index in [1.807, 2.05) is 72.1 Å². The van der Waals surface area contributed by atoms with Crippen LogP contribution in [0.2, 0.25) is 0 Å². The molecule has 25 heavy (non-hydrogen) atoms. The summed E-state index contributed by atoms with van der Waals surface area (Å²) in [6.07, 6.45) is 0. The fourth-order valence-electron chi connectivity index (χ4n) is 2.63. The SMILES string of the molecule is COc1ccccc1CNC(=O)NC(c1ccccc1)c1cccs1. The summed E-state index contributed by atoms with van der Waals surface area (Å²) in [6, 6.07) is 21.3. The van der Waals surface area contributed by atoms with Gasteiger partial charge >= 0.3 is 6.03 Å². The van der Waals surface area contributed by atoms with Crippen LogP contribution < -0.4 is 15.4 Å². The molecule has 4 nitrogen and oxygen atoms in total. The average Bonchev–Trinajstić information content (AvgIpc) is 3.20. The number of carbonyl (C=O) groups is 1. The monoisotopic (exact) mass is 352 g/mol. The molecule has 0 spiro atoms. The van der Waals surface area contributed by atoms with Crippen molar-refractivity contribution in [2.24, 2.45) is 0 Å². The predicted molar refractivity (Wildman–Crippen MR) is 101 cm³/mol. The molecule has 1 aromatic heterocycles. The summed E-state index contributed by atoms with van der Waals surface area (Å²) >= 11 is 1.63. The van der Waals surface area contributed by atoms with Gasteiger partial charge in [0.15, 0.2) is 0 Å². The van der Waals surface area contributed by atoms with E-state index in [1.165, 1.54) is 0 Å². The number of amides is 2. The normalized spacial score (nSPS) is 11.6. The van der Waals surface area contributed by atoms with Gasteiger partial charge in [0.25, 0.3) is 0 Å². The number of nitrogens with one attached hydrogen (secondary N) is 2. The summed E-state index contributed by atoms with van der Waals surface area (Å²) in [4.78, 5) is 13.5. The van der Waals surface area contributed by atoms with E-state index >= 15 is 0 Å². The fraction of sp³-hybridized carbons (Fsp3) is 0.150. The predicted octanol–water partition coefficient (Wildman–Crippen LogP) is 4.35. The molecule has 2 aromatic carbocycles. The maximum atomic E-state index is 12.4. The highest BCUT2D eigenvalue weighted by molar-refractivity contribution is 7.10. The van der Waals surface area contributed by atoms with Crippen molar-refractivity contribution in [1.82, 2.24) is 10.6 Å². The van der Waals surface area contributed by atoms with Gasteiger partial charge in [0, 0.05) is 17.0 Å². The molecule has 128 valence electrons. The zero-order valence-corrected chi connectivity index (χ0v) is 14.8. The summed E-state index contributed by atoms with van der Waals surface area (Å²) < 4.78 is 5.32. The molecule has 0 aliphatic heterocycles. The van der Waals surface area contributed by atoms with Crippen molar-refractivity contribution < 1.29 is 9.53 Å². The third-order valence-electron chi connectivity index (χ3n) is 3.87. The van der Waals surface area contributed by atoms with Crippen LogP contribution in [0.25, 0.3) is 0 Å². The van der Waals surface area contributed by atoms with E-state index in [9.17, 15) is 4.79 Å². The van der Waals surface area contributed by atoms with Crippen LogP contribution in [0.4, 0.5) is 4.79 Å². The minimum absolute atomic E-state index is 0.168. The Balaban J connectivity index is 1.69. The Morgan fingerprint density at radius 2 is 1.80 bits per heavy atom. The van der Waals surface area contributed by atoms with E-state index in [1.54, 1.807) is 18.4 Å². The number of thiophene rings is 1. The topological polar surface area (TPSA) is 50.4 Å². The van der Waals surface area contributed by atoms with Gasteiger partial charge in [-0.15, -0.1) is 11.3 Å². The van der Waals surface area contributed by atoms with Gasteiger partial charge in [0.05, 0.1) is 13.2 Å². The number of carbonyl (C=O) groups excluding carboxylic acids is 1. The minimum Gasteiger partial charge on any atom is -0.496 e. The molecular weight excluding hydrogens is 332 g/mol. The number of hydrogen-bond donors (Lipinski definition) is 2. The van der Waals surface area contributed by atoms with Crippen LogP contribution in [0, 0.1) is 0 Å². The maximum Gasteiger partial charge on any atom is 0.315 e. The third kappa shape index (κ3) is 4.39.